The van der Waals surface area contributed by atoms with Crippen LogP contribution in [0.5, 0.6) is 0 Å². The second kappa shape index (κ2) is 10.8. The SMILES string of the molecule is CN=C(NCCNc1ncccc1C(F)(F)F)NCc1nc(C(F)(F)F)cs1.I. The summed E-state index contributed by atoms with van der Waals surface area (Å²) in [5.41, 5.74) is -1.83. The van der Waals surface area contributed by atoms with Crippen molar-refractivity contribution >= 4 is 47.1 Å². The van der Waals surface area contributed by atoms with E-state index in [1.54, 1.807) is 0 Å². The van der Waals surface area contributed by atoms with Crippen molar-refractivity contribution < 1.29 is 26.3 Å². The van der Waals surface area contributed by atoms with Crippen molar-refractivity contribution in [2.24, 2.45) is 4.99 Å². The molecule has 0 amide bonds. The topological polar surface area (TPSA) is 74.2 Å². The molecule has 0 aliphatic rings. The highest BCUT2D eigenvalue weighted by atomic mass is 127. The van der Waals surface area contributed by atoms with Crippen LogP contribution in [0.3, 0.4) is 0 Å². The summed E-state index contributed by atoms with van der Waals surface area (Å²) in [7, 11) is 1.45. The second-order valence-electron chi connectivity index (χ2n) is 5.30. The van der Waals surface area contributed by atoms with Gasteiger partial charge in [-0.1, -0.05) is 0 Å². The number of alkyl halides is 6. The molecule has 2 aromatic heterocycles. The third kappa shape index (κ3) is 7.83. The fourth-order valence-electron chi connectivity index (χ4n) is 2.04. The van der Waals surface area contributed by atoms with E-state index in [1.165, 1.54) is 19.3 Å². The van der Waals surface area contributed by atoms with Crippen LogP contribution in [0, 0.1) is 0 Å². The maximum absolute atomic E-state index is 12.9. The van der Waals surface area contributed by atoms with E-state index in [1.807, 2.05) is 0 Å². The van der Waals surface area contributed by atoms with Gasteiger partial charge in [0.1, 0.15) is 10.8 Å². The van der Waals surface area contributed by atoms with Gasteiger partial charge < -0.3 is 16.0 Å². The Morgan fingerprint density at radius 1 is 1.10 bits per heavy atom. The van der Waals surface area contributed by atoms with Crippen molar-refractivity contribution in [3.8, 4) is 0 Å². The minimum Gasteiger partial charge on any atom is -0.368 e. The van der Waals surface area contributed by atoms with Crippen LogP contribution in [0.1, 0.15) is 16.3 Å². The maximum Gasteiger partial charge on any atom is 0.434 e. The lowest BCUT2D eigenvalue weighted by atomic mass is 10.2. The minimum absolute atomic E-state index is 0. The largest absolute Gasteiger partial charge is 0.434 e. The van der Waals surface area contributed by atoms with Crippen LogP contribution >= 0.6 is 35.3 Å². The Morgan fingerprint density at radius 3 is 2.41 bits per heavy atom. The highest BCUT2D eigenvalue weighted by Crippen LogP contribution is 2.33. The predicted octanol–water partition coefficient (Wildman–Crippen LogP) is 3.97. The Labute approximate surface area is 183 Å². The second-order valence-corrected chi connectivity index (χ2v) is 6.24. The molecular formula is C15H17F6IN6S. The van der Waals surface area contributed by atoms with Crippen molar-refractivity contribution in [1.82, 2.24) is 20.6 Å². The molecule has 0 unspecified atom stereocenters. The molecule has 0 aliphatic carbocycles. The van der Waals surface area contributed by atoms with Gasteiger partial charge >= 0.3 is 12.4 Å². The molecule has 0 aliphatic heterocycles. The maximum atomic E-state index is 12.9. The highest BCUT2D eigenvalue weighted by molar-refractivity contribution is 14.0. The molecule has 162 valence electrons. The van der Waals surface area contributed by atoms with Crippen LogP contribution in [0.2, 0.25) is 0 Å². The van der Waals surface area contributed by atoms with Crippen molar-refractivity contribution in [2.45, 2.75) is 18.9 Å². The van der Waals surface area contributed by atoms with Gasteiger partial charge in [-0.2, -0.15) is 26.3 Å². The summed E-state index contributed by atoms with van der Waals surface area (Å²) >= 11 is 0.855. The van der Waals surface area contributed by atoms with E-state index in [2.05, 4.69) is 30.9 Å². The van der Waals surface area contributed by atoms with Gasteiger partial charge in [0.25, 0.3) is 0 Å². The van der Waals surface area contributed by atoms with Crippen molar-refractivity contribution in [3.63, 3.8) is 0 Å². The number of rotatable bonds is 6. The summed E-state index contributed by atoms with van der Waals surface area (Å²) in [6.07, 6.45) is -7.78. The monoisotopic (exact) mass is 554 g/mol. The Balaban J connectivity index is 0.00000420. The zero-order chi connectivity index (χ0) is 20.8. The first kappa shape index (κ1) is 25.2. The average molecular weight is 554 g/mol. The number of anilines is 1. The quantitative estimate of drug-likeness (QED) is 0.166. The number of aliphatic imine (C=N–C) groups is 1. The van der Waals surface area contributed by atoms with E-state index in [4.69, 9.17) is 0 Å². The van der Waals surface area contributed by atoms with Crippen LogP contribution in [-0.4, -0.2) is 36.1 Å². The first-order valence-corrected chi connectivity index (χ1v) is 8.71. The van der Waals surface area contributed by atoms with Crippen LogP contribution < -0.4 is 16.0 Å². The van der Waals surface area contributed by atoms with Gasteiger partial charge in [-0.25, -0.2) is 9.97 Å². The molecule has 2 rings (SSSR count). The third-order valence-electron chi connectivity index (χ3n) is 3.30. The molecule has 0 spiro atoms. The van der Waals surface area contributed by atoms with E-state index in [9.17, 15) is 26.3 Å². The van der Waals surface area contributed by atoms with Crippen LogP contribution in [0.15, 0.2) is 28.7 Å². The third-order valence-corrected chi connectivity index (χ3v) is 4.14. The van der Waals surface area contributed by atoms with Crippen molar-refractivity contribution in [2.75, 3.05) is 25.5 Å². The van der Waals surface area contributed by atoms with Gasteiger partial charge in [0, 0.05) is 31.7 Å². The molecule has 0 saturated carbocycles. The standard InChI is InChI=1S/C15H16F6N6S.HI/c1-22-13(26-7-11-27-10(8-28-11)15(19,20)21)25-6-5-24-12-9(14(16,17)18)3-2-4-23-12;/h2-4,8H,5-7H2,1H3,(H,23,24)(H2,22,25,26);1H. The van der Waals surface area contributed by atoms with Gasteiger partial charge in [-0.15, -0.1) is 35.3 Å². The van der Waals surface area contributed by atoms with E-state index in [0.29, 0.717) is 0 Å². The fraction of sp³-hybridized carbons (Fsp3) is 0.400. The lowest BCUT2D eigenvalue weighted by molar-refractivity contribution is -0.141. The molecule has 0 atom stereocenters. The smallest absolute Gasteiger partial charge is 0.368 e. The molecule has 3 N–H and O–H groups in total. The molecule has 0 bridgehead atoms. The van der Waals surface area contributed by atoms with Gasteiger partial charge in [0.15, 0.2) is 11.7 Å². The van der Waals surface area contributed by atoms with E-state index < -0.39 is 23.6 Å². The summed E-state index contributed by atoms with van der Waals surface area (Å²) in [5, 5.41) is 9.33. The van der Waals surface area contributed by atoms with Crippen molar-refractivity contribution in [3.05, 3.63) is 40.0 Å². The molecule has 14 heteroatoms. The lowest BCUT2D eigenvalue weighted by Gasteiger charge is -2.14. The number of nitrogens with one attached hydrogen (secondary N) is 3. The van der Waals surface area contributed by atoms with Gasteiger partial charge in [-0.3, -0.25) is 4.99 Å². The normalized spacial score (nSPS) is 12.3. The van der Waals surface area contributed by atoms with Crippen LogP contribution in [0.25, 0.3) is 0 Å². The summed E-state index contributed by atoms with van der Waals surface area (Å²) < 4.78 is 76.2. The molecule has 0 fully saturated rings. The Kier molecular flexibility index (Phi) is 9.38. The fourth-order valence-corrected chi connectivity index (χ4v) is 2.78. The summed E-state index contributed by atoms with van der Waals surface area (Å²) in [6, 6.07) is 2.12. The van der Waals surface area contributed by atoms with Crippen LogP contribution in [0.4, 0.5) is 32.2 Å². The number of hydrogen-bond acceptors (Lipinski definition) is 5. The van der Waals surface area contributed by atoms with Gasteiger partial charge in [0.05, 0.1) is 12.1 Å². The number of hydrogen-bond donors (Lipinski definition) is 3. The molecule has 6 nitrogen and oxygen atoms in total. The van der Waals surface area contributed by atoms with Crippen LogP contribution in [-0.2, 0) is 18.9 Å². The first-order valence-electron chi connectivity index (χ1n) is 7.83. The molecule has 0 radical (unpaired) electrons. The highest BCUT2D eigenvalue weighted by Gasteiger charge is 2.34. The van der Waals surface area contributed by atoms with E-state index >= 15 is 0 Å². The average Bonchev–Trinajstić information content (AvgIpc) is 3.10. The minimum atomic E-state index is -4.52. The zero-order valence-corrected chi connectivity index (χ0v) is 18.0. The Bertz CT molecular complexity index is 807. The summed E-state index contributed by atoms with van der Waals surface area (Å²) in [5.74, 6) is -0.0233. The lowest BCUT2D eigenvalue weighted by Crippen LogP contribution is -2.39. The summed E-state index contributed by atoms with van der Waals surface area (Å²) in [6.45, 7) is 0.321. The number of pyridine rings is 1. The molecule has 2 aromatic rings. The number of guanidine groups is 1. The van der Waals surface area contributed by atoms with E-state index in [0.717, 1.165) is 22.8 Å². The molecular weight excluding hydrogens is 537 g/mol. The first-order chi connectivity index (χ1) is 13.1. The Hall–Kier alpha value is -1.84. The van der Waals surface area contributed by atoms with Crippen molar-refractivity contribution in [1.29, 1.82) is 0 Å². The number of halogens is 7. The summed E-state index contributed by atoms with van der Waals surface area (Å²) in [4.78, 5) is 11.0. The zero-order valence-electron chi connectivity index (χ0n) is 14.9. The Morgan fingerprint density at radius 2 is 1.83 bits per heavy atom. The predicted molar refractivity (Wildman–Crippen MR) is 108 cm³/mol. The van der Waals surface area contributed by atoms with E-state index in [-0.39, 0.29) is 60.4 Å². The number of thiazole rings is 1. The molecule has 29 heavy (non-hydrogen) atoms. The number of aromatic nitrogens is 2. The molecule has 0 saturated heterocycles. The van der Waals surface area contributed by atoms with Gasteiger partial charge in [-0.05, 0) is 12.1 Å². The number of nitrogens with zero attached hydrogens (tertiary/aromatic N) is 3. The molecule has 2 heterocycles. The molecule has 0 aromatic carbocycles. The van der Waals surface area contributed by atoms with Gasteiger partial charge in [0.2, 0.25) is 0 Å².